The number of nitrogens with one attached hydrogen (secondary N) is 1. The van der Waals surface area contributed by atoms with E-state index >= 15 is 0 Å². The highest BCUT2D eigenvalue weighted by Crippen LogP contribution is 2.30. The molecule has 1 saturated carbocycles. The predicted molar refractivity (Wildman–Crippen MR) is 132 cm³/mol. The maximum absolute atomic E-state index is 12.8. The third-order valence-corrected chi connectivity index (χ3v) is 6.31. The molecular formula is C26H28N2O4S. The standard InChI is InChI=1S/C26H28N2O4S/c1-3-6-17-9-12-23(24(13-17)31-2)32-15-19(29)16-33-25-14-21(26(30)27-18-10-11-18)20-7-4-5-8-22(20)28-25/h3-9,12-14,18-19,29H,10-11,15-16H2,1-2H3,(H,27,30)/b6-3+. The maximum atomic E-state index is 12.8. The Kier molecular flexibility index (Phi) is 7.52. The van der Waals surface area contributed by atoms with E-state index in [1.54, 1.807) is 13.2 Å². The van der Waals surface area contributed by atoms with Crippen LogP contribution in [0.4, 0.5) is 0 Å². The zero-order chi connectivity index (χ0) is 23.2. The van der Waals surface area contributed by atoms with Crippen molar-refractivity contribution in [3.8, 4) is 11.5 Å². The molecule has 1 heterocycles. The van der Waals surface area contributed by atoms with Crippen molar-refractivity contribution < 1.29 is 19.4 Å². The molecule has 6 nitrogen and oxygen atoms in total. The topological polar surface area (TPSA) is 80.7 Å². The lowest BCUT2D eigenvalue weighted by Crippen LogP contribution is -2.25. The van der Waals surface area contributed by atoms with Crippen molar-refractivity contribution in [1.82, 2.24) is 10.3 Å². The second-order valence-electron chi connectivity index (χ2n) is 7.96. The van der Waals surface area contributed by atoms with Crippen molar-refractivity contribution in [3.05, 3.63) is 65.7 Å². The Balaban J connectivity index is 1.40. The average Bonchev–Trinajstić information content (AvgIpc) is 3.65. The Morgan fingerprint density at radius 3 is 2.82 bits per heavy atom. The molecule has 1 aromatic heterocycles. The van der Waals surface area contributed by atoms with Gasteiger partial charge in [0.15, 0.2) is 11.5 Å². The molecule has 1 atom stereocenters. The van der Waals surface area contributed by atoms with Crippen molar-refractivity contribution in [1.29, 1.82) is 0 Å². The van der Waals surface area contributed by atoms with Crippen molar-refractivity contribution in [2.24, 2.45) is 0 Å². The molecule has 1 unspecified atom stereocenters. The van der Waals surface area contributed by atoms with Crippen LogP contribution in [0.2, 0.25) is 0 Å². The van der Waals surface area contributed by atoms with Crippen LogP contribution in [0.15, 0.2) is 59.6 Å². The number of allylic oxidation sites excluding steroid dienone is 1. The number of carbonyl (C=O) groups excluding carboxylic acids is 1. The number of amides is 1. The molecule has 0 spiro atoms. The summed E-state index contributed by atoms with van der Waals surface area (Å²) in [7, 11) is 1.59. The van der Waals surface area contributed by atoms with Gasteiger partial charge in [0.1, 0.15) is 6.61 Å². The summed E-state index contributed by atoms with van der Waals surface area (Å²) >= 11 is 1.40. The Hall–Kier alpha value is -3.03. The largest absolute Gasteiger partial charge is 0.493 e. The summed E-state index contributed by atoms with van der Waals surface area (Å²) in [5, 5.41) is 15.1. The summed E-state index contributed by atoms with van der Waals surface area (Å²) in [5.74, 6) is 1.51. The van der Waals surface area contributed by atoms with E-state index in [1.165, 1.54) is 11.8 Å². The lowest BCUT2D eigenvalue weighted by molar-refractivity contribution is 0.0952. The van der Waals surface area contributed by atoms with Gasteiger partial charge in [0.25, 0.3) is 5.91 Å². The number of aromatic nitrogens is 1. The lowest BCUT2D eigenvalue weighted by atomic mass is 10.1. The van der Waals surface area contributed by atoms with Crippen LogP contribution in [0.25, 0.3) is 17.0 Å². The van der Waals surface area contributed by atoms with E-state index < -0.39 is 6.10 Å². The summed E-state index contributed by atoms with van der Waals surface area (Å²) in [6, 6.07) is 15.4. The van der Waals surface area contributed by atoms with Crippen LogP contribution in [0.5, 0.6) is 11.5 Å². The normalized spacial score (nSPS) is 14.4. The van der Waals surface area contributed by atoms with Crippen LogP contribution >= 0.6 is 11.8 Å². The SMILES string of the molecule is C/C=C/c1ccc(OCC(O)CSc2cc(C(=O)NC3CC3)c3ccccc3n2)c(OC)c1. The second kappa shape index (κ2) is 10.7. The Labute approximate surface area is 198 Å². The molecule has 0 aliphatic heterocycles. The van der Waals surface area contributed by atoms with Crippen LogP contribution in [0, 0.1) is 0 Å². The van der Waals surface area contributed by atoms with E-state index in [0.29, 0.717) is 27.8 Å². The number of hydrogen-bond acceptors (Lipinski definition) is 6. The number of aliphatic hydroxyl groups excluding tert-OH is 1. The Morgan fingerprint density at radius 2 is 2.06 bits per heavy atom. The fraction of sp³-hybridized carbons (Fsp3) is 0.308. The van der Waals surface area contributed by atoms with E-state index in [9.17, 15) is 9.90 Å². The number of benzene rings is 2. The van der Waals surface area contributed by atoms with Crippen molar-refractivity contribution in [3.63, 3.8) is 0 Å². The molecule has 1 amide bonds. The molecular weight excluding hydrogens is 436 g/mol. The first-order chi connectivity index (χ1) is 16.1. The summed E-state index contributed by atoms with van der Waals surface area (Å²) in [5.41, 5.74) is 2.40. The molecule has 33 heavy (non-hydrogen) atoms. The number of rotatable bonds is 10. The van der Waals surface area contributed by atoms with E-state index in [-0.39, 0.29) is 18.6 Å². The van der Waals surface area contributed by atoms with Gasteiger partial charge >= 0.3 is 0 Å². The van der Waals surface area contributed by atoms with Crippen molar-refractivity contribution in [2.45, 2.75) is 36.9 Å². The summed E-state index contributed by atoms with van der Waals surface area (Å²) in [4.78, 5) is 17.4. The molecule has 0 radical (unpaired) electrons. The van der Waals surface area contributed by atoms with Crippen LogP contribution in [-0.2, 0) is 0 Å². The summed E-state index contributed by atoms with van der Waals surface area (Å²) in [6.07, 6.45) is 5.29. The van der Waals surface area contributed by atoms with Crippen LogP contribution < -0.4 is 14.8 Å². The molecule has 172 valence electrons. The molecule has 3 aromatic rings. The molecule has 1 aliphatic carbocycles. The predicted octanol–water partition coefficient (Wildman–Crippen LogP) is 4.70. The smallest absolute Gasteiger partial charge is 0.252 e. The van der Waals surface area contributed by atoms with Crippen LogP contribution in [0.1, 0.15) is 35.7 Å². The Morgan fingerprint density at radius 1 is 1.24 bits per heavy atom. The number of thioether (sulfide) groups is 1. The lowest BCUT2D eigenvalue weighted by Gasteiger charge is -2.15. The number of para-hydroxylation sites is 1. The molecule has 2 N–H and O–H groups in total. The van der Waals surface area contributed by atoms with Gasteiger partial charge in [-0.2, -0.15) is 0 Å². The fourth-order valence-corrected chi connectivity index (χ4v) is 4.24. The van der Waals surface area contributed by atoms with Gasteiger partial charge in [0.05, 0.1) is 29.3 Å². The minimum absolute atomic E-state index is 0.0738. The third kappa shape index (κ3) is 6.06. The van der Waals surface area contributed by atoms with Gasteiger partial charge in [-0.05, 0) is 49.6 Å². The monoisotopic (exact) mass is 464 g/mol. The zero-order valence-electron chi connectivity index (χ0n) is 18.8. The van der Waals surface area contributed by atoms with E-state index in [4.69, 9.17) is 9.47 Å². The van der Waals surface area contributed by atoms with Gasteiger partial charge in [0.2, 0.25) is 0 Å². The van der Waals surface area contributed by atoms with Crippen LogP contribution in [-0.4, -0.2) is 47.6 Å². The van der Waals surface area contributed by atoms with Crippen molar-refractivity contribution in [2.75, 3.05) is 19.5 Å². The first-order valence-electron chi connectivity index (χ1n) is 11.0. The highest BCUT2D eigenvalue weighted by molar-refractivity contribution is 7.99. The number of ether oxygens (including phenoxy) is 2. The second-order valence-corrected chi connectivity index (χ2v) is 9.00. The number of aliphatic hydroxyl groups is 1. The first-order valence-corrected chi connectivity index (χ1v) is 12.0. The van der Waals surface area contributed by atoms with Gasteiger partial charge in [-0.15, -0.1) is 11.8 Å². The summed E-state index contributed by atoms with van der Waals surface area (Å²) < 4.78 is 11.2. The maximum Gasteiger partial charge on any atom is 0.252 e. The van der Waals surface area contributed by atoms with Gasteiger partial charge in [-0.25, -0.2) is 4.98 Å². The fourth-order valence-electron chi connectivity index (χ4n) is 3.42. The first kappa shape index (κ1) is 23.1. The molecule has 1 aliphatic rings. The number of pyridine rings is 1. The minimum Gasteiger partial charge on any atom is -0.493 e. The molecule has 4 rings (SSSR count). The molecule has 0 saturated heterocycles. The highest BCUT2D eigenvalue weighted by atomic mass is 32.2. The molecule has 1 fully saturated rings. The Bertz CT molecular complexity index is 1160. The van der Waals surface area contributed by atoms with Gasteiger partial charge in [0, 0.05) is 17.2 Å². The number of methoxy groups -OCH3 is 1. The van der Waals surface area contributed by atoms with E-state index in [0.717, 1.165) is 29.3 Å². The number of carbonyl (C=O) groups is 1. The number of fused-ring (bicyclic) bond motifs is 1. The van der Waals surface area contributed by atoms with E-state index in [2.05, 4.69) is 10.3 Å². The van der Waals surface area contributed by atoms with Gasteiger partial charge in [-0.3, -0.25) is 4.79 Å². The van der Waals surface area contributed by atoms with Gasteiger partial charge in [-0.1, -0.05) is 36.4 Å². The minimum atomic E-state index is -0.716. The van der Waals surface area contributed by atoms with Crippen molar-refractivity contribution >= 4 is 34.6 Å². The van der Waals surface area contributed by atoms with Crippen LogP contribution in [0.3, 0.4) is 0 Å². The zero-order valence-corrected chi connectivity index (χ0v) is 19.6. The highest BCUT2D eigenvalue weighted by Gasteiger charge is 2.25. The number of nitrogens with zero attached hydrogens (tertiary/aromatic N) is 1. The average molecular weight is 465 g/mol. The van der Waals surface area contributed by atoms with E-state index in [1.807, 2.05) is 61.5 Å². The third-order valence-electron chi connectivity index (χ3n) is 5.25. The van der Waals surface area contributed by atoms with Gasteiger partial charge < -0.3 is 19.9 Å². The summed E-state index contributed by atoms with van der Waals surface area (Å²) in [6.45, 7) is 2.08. The molecule has 0 bridgehead atoms. The quantitative estimate of drug-likeness (QED) is 0.423. The number of hydrogen-bond donors (Lipinski definition) is 2. The molecule has 2 aromatic carbocycles. The molecule has 7 heteroatoms.